The van der Waals surface area contributed by atoms with Gasteiger partial charge in [-0.2, -0.15) is 15.1 Å². The van der Waals surface area contributed by atoms with Crippen LogP contribution in [0.15, 0.2) is 30.5 Å². The van der Waals surface area contributed by atoms with Gasteiger partial charge in [0.15, 0.2) is 5.65 Å². The molecule has 0 amide bonds. The van der Waals surface area contributed by atoms with Crippen LogP contribution in [0.5, 0.6) is 0 Å². The maximum absolute atomic E-state index is 6.07. The Kier molecular flexibility index (Phi) is 3.76. The fourth-order valence-corrected chi connectivity index (χ4v) is 3.43. The number of nitrogens with zero attached hydrogens (tertiary/aromatic N) is 5. The average molecular weight is 343 g/mol. The van der Waals surface area contributed by atoms with E-state index in [2.05, 4.69) is 32.1 Å². The Balaban J connectivity index is 1.52. The Labute approximate surface area is 145 Å². The molecule has 24 heavy (non-hydrogen) atoms. The molecule has 3 aromatic rings. The van der Waals surface area contributed by atoms with Crippen LogP contribution in [-0.4, -0.2) is 32.8 Å². The molecular weight excluding hydrogens is 324 g/mol. The zero-order chi connectivity index (χ0) is 16.7. The third-order valence-electron chi connectivity index (χ3n) is 4.62. The Morgan fingerprint density at radius 3 is 2.83 bits per heavy atom. The van der Waals surface area contributed by atoms with Gasteiger partial charge in [-0.1, -0.05) is 23.7 Å². The van der Waals surface area contributed by atoms with Crippen molar-refractivity contribution >= 4 is 34.4 Å². The second-order valence-corrected chi connectivity index (χ2v) is 6.78. The minimum Gasteiger partial charge on any atom is -0.383 e. The molecule has 1 aromatic carbocycles. The molecule has 1 fully saturated rings. The number of anilines is 2. The summed E-state index contributed by atoms with van der Waals surface area (Å²) in [6.45, 7) is 1.88. The quantitative estimate of drug-likeness (QED) is 0.792. The van der Waals surface area contributed by atoms with Crippen LogP contribution in [0.4, 0.5) is 11.8 Å². The van der Waals surface area contributed by atoms with Gasteiger partial charge in [0.25, 0.3) is 0 Å². The molecule has 0 radical (unpaired) electrons. The van der Waals surface area contributed by atoms with Crippen LogP contribution in [0.25, 0.3) is 11.0 Å². The Bertz CT molecular complexity index is 873. The molecule has 1 aliphatic heterocycles. The van der Waals surface area contributed by atoms with Crippen molar-refractivity contribution in [2.24, 2.45) is 13.0 Å². The van der Waals surface area contributed by atoms with Gasteiger partial charge in [0, 0.05) is 25.2 Å². The number of benzene rings is 1. The number of nitrogens with two attached hydrogens (primary N) is 1. The van der Waals surface area contributed by atoms with E-state index < -0.39 is 0 Å². The van der Waals surface area contributed by atoms with Gasteiger partial charge in [0.2, 0.25) is 5.95 Å². The number of rotatable bonds is 3. The van der Waals surface area contributed by atoms with Crippen molar-refractivity contribution < 1.29 is 0 Å². The highest BCUT2D eigenvalue weighted by Gasteiger charge is 2.25. The molecule has 1 saturated heterocycles. The van der Waals surface area contributed by atoms with Crippen LogP contribution < -0.4 is 10.6 Å². The number of nitrogen functional groups attached to an aromatic ring is 1. The summed E-state index contributed by atoms with van der Waals surface area (Å²) >= 11 is 5.95. The third-order valence-corrected chi connectivity index (χ3v) is 4.87. The molecule has 4 rings (SSSR count). The SMILES string of the molecule is Cn1ncc2c(N)nc(N3CCC(Cc4ccc(Cl)cc4)C3)nc21. The summed E-state index contributed by atoms with van der Waals surface area (Å²) in [6.07, 6.45) is 3.87. The molecule has 1 unspecified atom stereocenters. The third kappa shape index (κ3) is 2.78. The molecular formula is C17H19ClN6. The number of hydrogen-bond acceptors (Lipinski definition) is 5. The molecule has 1 aliphatic rings. The van der Waals surface area contributed by atoms with Gasteiger partial charge in [-0.05, 0) is 36.5 Å². The Morgan fingerprint density at radius 2 is 2.04 bits per heavy atom. The topological polar surface area (TPSA) is 72.9 Å². The van der Waals surface area contributed by atoms with Crippen LogP contribution >= 0.6 is 11.6 Å². The minimum absolute atomic E-state index is 0.490. The zero-order valence-electron chi connectivity index (χ0n) is 13.5. The summed E-state index contributed by atoms with van der Waals surface area (Å²) in [4.78, 5) is 11.3. The van der Waals surface area contributed by atoms with E-state index in [1.807, 2.05) is 19.2 Å². The van der Waals surface area contributed by atoms with Crippen molar-refractivity contribution in [3.05, 3.63) is 41.0 Å². The van der Waals surface area contributed by atoms with Crippen molar-refractivity contribution in [1.29, 1.82) is 0 Å². The number of aromatic nitrogens is 4. The lowest BCUT2D eigenvalue weighted by molar-refractivity contribution is 0.586. The molecule has 7 heteroatoms. The highest BCUT2D eigenvalue weighted by molar-refractivity contribution is 6.30. The molecule has 1 atom stereocenters. The number of fused-ring (bicyclic) bond motifs is 1. The van der Waals surface area contributed by atoms with Crippen molar-refractivity contribution in [3.8, 4) is 0 Å². The summed E-state index contributed by atoms with van der Waals surface area (Å²) in [7, 11) is 1.87. The highest BCUT2D eigenvalue weighted by atomic mass is 35.5. The van der Waals surface area contributed by atoms with Gasteiger partial charge in [-0.15, -0.1) is 0 Å². The molecule has 2 N–H and O–H groups in total. The van der Waals surface area contributed by atoms with Gasteiger partial charge in [0.1, 0.15) is 5.82 Å². The first-order valence-corrected chi connectivity index (χ1v) is 8.42. The summed E-state index contributed by atoms with van der Waals surface area (Å²) in [6, 6.07) is 8.09. The summed E-state index contributed by atoms with van der Waals surface area (Å²) in [5, 5.41) is 5.79. The lowest BCUT2D eigenvalue weighted by Crippen LogP contribution is -2.23. The maximum Gasteiger partial charge on any atom is 0.229 e. The monoisotopic (exact) mass is 342 g/mol. The fraction of sp³-hybridized carbons (Fsp3) is 0.353. The van der Waals surface area contributed by atoms with Crippen LogP contribution in [0.2, 0.25) is 5.02 Å². The van der Waals surface area contributed by atoms with E-state index in [1.54, 1.807) is 10.9 Å². The van der Waals surface area contributed by atoms with Gasteiger partial charge < -0.3 is 10.6 Å². The predicted molar refractivity (Wildman–Crippen MR) is 96.2 cm³/mol. The van der Waals surface area contributed by atoms with E-state index in [0.29, 0.717) is 17.7 Å². The van der Waals surface area contributed by atoms with E-state index in [1.165, 1.54) is 5.56 Å². The average Bonchev–Trinajstić information content (AvgIpc) is 3.17. The molecule has 0 aliphatic carbocycles. The normalized spacial score (nSPS) is 17.8. The molecule has 6 nitrogen and oxygen atoms in total. The standard InChI is InChI=1S/C17H19ClN6/c1-23-16-14(9-20-23)15(19)21-17(22-16)24-7-6-12(10-24)8-11-2-4-13(18)5-3-11/h2-5,9,12H,6-8,10H2,1H3,(H2,19,21,22). The Hall–Kier alpha value is -2.34. The first-order chi connectivity index (χ1) is 11.6. The van der Waals surface area contributed by atoms with Crippen LogP contribution in [-0.2, 0) is 13.5 Å². The molecule has 2 aromatic heterocycles. The smallest absolute Gasteiger partial charge is 0.229 e. The van der Waals surface area contributed by atoms with Gasteiger partial charge in [0.05, 0.1) is 11.6 Å². The zero-order valence-corrected chi connectivity index (χ0v) is 14.2. The van der Waals surface area contributed by atoms with E-state index in [-0.39, 0.29) is 0 Å². The first-order valence-electron chi connectivity index (χ1n) is 8.05. The van der Waals surface area contributed by atoms with Gasteiger partial charge >= 0.3 is 0 Å². The largest absolute Gasteiger partial charge is 0.383 e. The van der Waals surface area contributed by atoms with Crippen molar-refractivity contribution in [2.75, 3.05) is 23.7 Å². The molecule has 124 valence electrons. The molecule has 0 bridgehead atoms. The fourth-order valence-electron chi connectivity index (χ4n) is 3.31. The number of aryl methyl sites for hydroxylation is 1. The van der Waals surface area contributed by atoms with Crippen molar-refractivity contribution in [3.63, 3.8) is 0 Å². The van der Waals surface area contributed by atoms with E-state index in [4.69, 9.17) is 17.3 Å². The maximum atomic E-state index is 6.07. The van der Waals surface area contributed by atoms with Crippen LogP contribution in [0.1, 0.15) is 12.0 Å². The molecule has 0 spiro atoms. The molecule has 3 heterocycles. The number of halogens is 1. The van der Waals surface area contributed by atoms with Crippen LogP contribution in [0, 0.1) is 5.92 Å². The lowest BCUT2D eigenvalue weighted by Gasteiger charge is -2.17. The summed E-state index contributed by atoms with van der Waals surface area (Å²) in [5.74, 6) is 1.77. The van der Waals surface area contributed by atoms with Crippen molar-refractivity contribution in [2.45, 2.75) is 12.8 Å². The summed E-state index contributed by atoms with van der Waals surface area (Å²) < 4.78 is 1.73. The highest BCUT2D eigenvalue weighted by Crippen LogP contribution is 2.27. The van der Waals surface area contributed by atoms with E-state index in [0.717, 1.165) is 42.0 Å². The predicted octanol–water partition coefficient (Wildman–Crippen LogP) is 2.67. The first kappa shape index (κ1) is 15.2. The Morgan fingerprint density at radius 1 is 1.25 bits per heavy atom. The van der Waals surface area contributed by atoms with E-state index in [9.17, 15) is 0 Å². The second-order valence-electron chi connectivity index (χ2n) is 6.35. The molecule has 0 saturated carbocycles. The summed E-state index contributed by atoms with van der Waals surface area (Å²) in [5.41, 5.74) is 8.16. The van der Waals surface area contributed by atoms with Gasteiger partial charge in [-0.25, -0.2) is 0 Å². The minimum atomic E-state index is 0.490. The van der Waals surface area contributed by atoms with Gasteiger partial charge in [-0.3, -0.25) is 4.68 Å². The van der Waals surface area contributed by atoms with E-state index >= 15 is 0 Å². The lowest BCUT2D eigenvalue weighted by atomic mass is 9.99. The van der Waals surface area contributed by atoms with Crippen LogP contribution in [0.3, 0.4) is 0 Å². The van der Waals surface area contributed by atoms with Crippen molar-refractivity contribution in [1.82, 2.24) is 19.7 Å². The number of hydrogen-bond donors (Lipinski definition) is 1. The second kappa shape index (κ2) is 5.94.